The molecule has 0 aromatic heterocycles. The third-order valence-electron chi connectivity index (χ3n) is 5.92. The van der Waals surface area contributed by atoms with Gasteiger partial charge in [0.25, 0.3) is 0 Å². The second-order valence-electron chi connectivity index (χ2n) is 9.69. The van der Waals surface area contributed by atoms with E-state index in [9.17, 15) is 0 Å². The molecule has 0 saturated heterocycles. The summed E-state index contributed by atoms with van der Waals surface area (Å²) in [5.74, 6) is 2.83. The zero-order valence-electron chi connectivity index (χ0n) is 20.5. The van der Waals surface area contributed by atoms with E-state index in [0.29, 0.717) is 0 Å². The van der Waals surface area contributed by atoms with Crippen LogP contribution in [0.3, 0.4) is 0 Å². The van der Waals surface area contributed by atoms with Crippen LogP contribution in [-0.4, -0.2) is 25.0 Å². The van der Waals surface area contributed by atoms with E-state index in [1.54, 1.807) is 0 Å². The Bertz CT molecular complexity index is 270. The van der Waals surface area contributed by atoms with Crippen molar-refractivity contribution in [1.29, 1.82) is 0 Å². The van der Waals surface area contributed by atoms with Gasteiger partial charge in [-0.25, -0.2) is 0 Å². The molecule has 1 nitrogen and oxygen atoms in total. The zero-order chi connectivity index (χ0) is 20.6. The molecule has 0 aliphatic heterocycles. The normalized spacial score (nSPS) is 22.8. The van der Waals surface area contributed by atoms with E-state index in [-0.39, 0.29) is 0 Å². The van der Waals surface area contributed by atoms with Gasteiger partial charge in [0.15, 0.2) is 0 Å². The van der Waals surface area contributed by atoms with E-state index < -0.39 is 0 Å². The van der Waals surface area contributed by atoms with Crippen molar-refractivity contribution in [2.24, 2.45) is 23.2 Å². The number of unbranched alkanes of at least 4 members (excludes halogenated alkanes) is 1. The fourth-order valence-electron chi connectivity index (χ4n) is 3.60. The summed E-state index contributed by atoms with van der Waals surface area (Å²) in [7, 11) is 2.17. The molecule has 160 valence electrons. The van der Waals surface area contributed by atoms with Gasteiger partial charge < -0.3 is 4.90 Å². The Morgan fingerprint density at radius 2 is 1.50 bits per heavy atom. The summed E-state index contributed by atoms with van der Waals surface area (Å²) in [5.41, 5.74) is 0.725. The average molecular weight is 370 g/mol. The highest BCUT2D eigenvalue weighted by Gasteiger charge is 2.37. The molecule has 0 N–H and O–H groups in total. The average Bonchev–Trinajstić information content (AvgIpc) is 2.57. The van der Waals surface area contributed by atoms with Gasteiger partial charge in [-0.3, -0.25) is 0 Å². The number of hydrogen-bond acceptors (Lipinski definition) is 1. The molecule has 0 aromatic rings. The lowest BCUT2D eigenvalue weighted by atomic mass is 9.60. The third kappa shape index (κ3) is 16.2. The van der Waals surface area contributed by atoms with Crippen LogP contribution in [0.25, 0.3) is 0 Å². The summed E-state index contributed by atoms with van der Waals surface area (Å²) in [6.45, 7) is 22.9. The van der Waals surface area contributed by atoms with Crippen molar-refractivity contribution in [1.82, 2.24) is 4.90 Å². The van der Waals surface area contributed by atoms with Crippen molar-refractivity contribution in [2.75, 3.05) is 20.1 Å². The molecule has 0 bridgehead atoms. The Kier molecular flexibility index (Phi) is 18.5. The molecule has 1 rings (SSSR count). The summed E-state index contributed by atoms with van der Waals surface area (Å²) in [6, 6.07) is 0. The molecular formula is C25H55N. The lowest BCUT2D eigenvalue weighted by molar-refractivity contribution is 0.0630. The maximum atomic E-state index is 2.46. The van der Waals surface area contributed by atoms with Crippen LogP contribution in [-0.2, 0) is 0 Å². The Hall–Kier alpha value is -0.0400. The van der Waals surface area contributed by atoms with Crippen LogP contribution in [0.2, 0.25) is 0 Å². The smallest absolute Gasteiger partial charge is 0.000375 e. The molecule has 26 heavy (non-hydrogen) atoms. The second-order valence-corrected chi connectivity index (χ2v) is 9.69. The first kappa shape index (κ1) is 28.2. The van der Waals surface area contributed by atoms with E-state index in [2.05, 4.69) is 74.3 Å². The summed E-state index contributed by atoms with van der Waals surface area (Å²) in [6.07, 6.45) is 12.8. The van der Waals surface area contributed by atoms with Crippen LogP contribution in [0, 0.1) is 23.2 Å². The number of nitrogens with zero attached hydrogens (tertiary/aromatic N) is 1. The molecule has 1 saturated carbocycles. The highest BCUT2D eigenvalue weighted by molar-refractivity contribution is 4.88. The van der Waals surface area contributed by atoms with E-state index in [0.717, 1.165) is 23.2 Å². The monoisotopic (exact) mass is 369 g/mol. The standard InChI is InChI=1S/C14H28.C8H19N.C3H8/c1-5-14(4)10-13(11-14)9-7-6-8-12(2)3;1-5-8(3)7-9(4)6-2;1-3-2/h12-13H,5-11H2,1-4H3;8H,5-7H2,1-4H3;3H2,1-2H3. The van der Waals surface area contributed by atoms with Crippen molar-refractivity contribution in [3.05, 3.63) is 0 Å². The minimum atomic E-state index is 0.725. The third-order valence-corrected chi connectivity index (χ3v) is 5.92. The fraction of sp³-hybridized carbons (Fsp3) is 1.00. The molecule has 1 aliphatic rings. The van der Waals surface area contributed by atoms with E-state index in [1.165, 1.54) is 70.9 Å². The highest BCUT2D eigenvalue weighted by Crippen LogP contribution is 2.49. The lowest BCUT2D eigenvalue weighted by Crippen LogP contribution is -2.33. The van der Waals surface area contributed by atoms with Crippen molar-refractivity contribution in [3.63, 3.8) is 0 Å². The van der Waals surface area contributed by atoms with Crippen LogP contribution in [0.1, 0.15) is 120 Å². The van der Waals surface area contributed by atoms with Crippen molar-refractivity contribution >= 4 is 0 Å². The van der Waals surface area contributed by atoms with Gasteiger partial charge in [0, 0.05) is 6.54 Å². The summed E-state index contributed by atoms with van der Waals surface area (Å²) in [5, 5.41) is 0. The minimum Gasteiger partial charge on any atom is -0.306 e. The van der Waals surface area contributed by atoms with Crippen molar-refractivity contribution in [3.8, 4) is 0 Å². The Labute approximate surface area is 168 Å². The maximum absolute atomic E-state index is 2.46. The maximum Gasteiger partial charge on any atom is 0.000375 e. The van der Waals surface area contributed by atoms with Crippen LogP contribution in [0.15, 0.2) is 0 Å². The SMILES string of the molecule is CCC.CCC(C)CN(C)CC.CCC1(C)CC(CCCCC(C)C)C1. The van der Waals surface area contributed by atoms with Gasteiger partial charge in [-0.1, -0.05) is 107 Å². The Morgan fingerprint density at radius 3 is 1.88 bits per heavy atom. The summed E-state index contributed by atoms with van der Waals surface area (Å²) < 4.78 is 0. The highest BCUT2D eigenvalue weighted by atomic mass is 15.1. The molecule has 1 atom stereocenters. The molecule has 0 aromatic carbocycles. The quantitative estimate of drug-likeness (QED) is 0.349. The second kappa shape index (κ2) is 17.1. The minimum absolute atomic E-state index is 0.725. The molecule has 1 heteroatoms. The summed E-state index contributed by atoms with van der Waals surface area (Å²) in [4.78, 5) is 2.36. The largest absolute Gasteiger partial charge is 0.306 e. The van der Waals surface area contributed by atoms with E-state index in [1.807, 2.05) is 0 Å². The first-order valence-corrected chi connectivity index (χ1v) is 11.9. The Balaban J connectivity index is 0. The van der Waals surface area contributed by atoms with E-state index in [4.69, 9.17) is 0 Å². The lowest BCUT2D eigenvalue weighted by Gasteiger charge is -2.45. The van der Waals surface area contributed by atoms with Crippen molar-refractivity contribution in [2.45, 2.75) is 120 Å². The molecule has 0 spiro atoms. The molecule has 0 radical (unpaired) electrons. The van der Waals surface area contributed by atoms with Gasteiger partial charge >= 0.3 is 0 Å². The zero-order valence-corrected chi connectivity index (χ0v) is 20.5. The first-order valence-electron chi connectivity index (χ1n) is 11.9. The number of rotatable bonds is 10. The molecule has 0 amide bonds. The molecule has 1 aliphatic carbocycles. The molecule has 1 unspecified atom stereocenters. The number of hydrogen-bond donors (Lipinski definition) is 0. The van der Waals surface area contributed by atoms with Gasteiger partial charge in [0.2, 0.25) is 0 Å². The predicted molar refractivity (Wildman–Crippen MR) is 123 cm³/mol. The summed E-state index contributed by atoms with van der Waals surface area (Å²) >= 11 is 0. The van der Waals surface area contributed by atoms with E-state index >= 15 is 0 Å². The molecular weight excluding hydrogens is 314 g/mol. The van der Waals surface area contributed by atoms with Crippen LogP contribution < -0.4 is 0 Å². The fourth-order valence-corrected chi connectivity index (χ4v) is 3.60. The van der Waals surface area contributed by atoms with Gasteiger partial charge in [0.05, 0.1) is 0 Å². The first-order chi connectivity index (χ1) is 12.2. The molecule has 0 heterocycles. The predicted octanol–water partition coefficient (Wildman–Crippen LogP) is 8.43. The van der Waals surface area contributed by atoms with Crippen LogP contribution >= 0.6 is 0 Å². The molecule has 1 fully saturated rings. The van der Waals surface area contributed by atoms with Crippen molar-refractivity contribution < 1.29 is 0 Å². The van der Waals surface area contributed by atoms with Gasteiger partial charge in [-0.2, -0.15) is 0 Å². The topological polar surface area (TPSA) is 3.24 Å². The van der Waals surface area contributed by atoms with Crippen LogP contribution in [0.4, 0.5) is 0 Å². The Morgan fingerprint density at radius 1 is 0.962 bits per heavy atom. The van der Waals surface area contributed by atoms with Gasteiger partial charge in [-0.05, 0) is 49.6 Å². The van der Waals surface area contributed by atoms with Gasteiger partial charge in [-0.15, -0.1) is 0 Å². The van der Waals surface area contributed by atoms with Gasteiger partial charge in [0.1, 0.15) is 0 Å². The van der Waals surface area contributed by atoms with Crippen LogP contribution in [0.5, 0.6) is 0 Å².